The van der Waals surface area contributed by atoms with Crippen LogP contribution in [0, 0.1) is 5.92 Å². The first-order valence-corrected chi connectivity index (χ1v) is 9.64. The molecule has 0 radical (unpaired) electrons. The fourth-order valence-corrected chi connectivity index (χ4v) is 3.71. The van der Waals surface area contributed by atoms with Gasteiger partial charge in [0, 0.05) is 32.0 Å². The quantitative estimate of drug-likeness (QED) is 0.759. The molecule has 1 aliphatic rings. The molecule has 28 heavy (non-hydrogen) atoms. The molecule has 1 N–H and O–H groups in total. The van der Waals surface area contributed by atoms with E-state index in [0.717, 1.165) is 43.6 Å². The van der Waals surface area contributed by atoms with Crippen molar-refractivity contribution >= 4 is 11.9 Å². The first-order chi connectivity index (χ1) is 13.5. The molecular formula is C22H27N3O3. The number of amides is 1. The number of aromatic nitrogens is 1. The lowest BCUT2D eigenvalue weighted by atomic mass is 9.97. The number of aliphatic carboxylic acids is 1. The molecule has 0 bridgehead atoms. The molecule has 1 aromatic heterocycles. The van der Waals surface area contributed by atoms with Gasteiger partial charge in [-0.1, -0.05) is 24.3 Å². The highest BCUT2D eigenvalue weighted by molar-refractivity contribution is 5.78. The summed E-state index contributed by atoms with van der Waals surface area (Å²) in [5.41, 5.74) is 3.16. The van der Waals surface area contributed by atoms with Gasteiger partial charge in [0.15, 0.2) is 0 Å². The summed E-state index contributed by atoms with van der Waals surface area (Å²) in [5.74, 6) is -0.178. The van der Waals surface area contributed by atoms with Crippen molar-refractivity contribution < 1.29 is 14.7 Å². The van der Waals surface area contributed by atoms with Gasteiger partial charge < -0.3 is 10.0 Å². The molecule has 1 saturated heterocycles. The third-order valence-electron chi connectivity index (χ3n) is 5.15. The van der Waals surface area contributed by atoms with Crippen molar-refractivity contribution in [2.24, 2.45) is 5.92 Å². The van der Waals surface area contributed by atoms with Gasteiger partial charge in [-0.05, 0) is 54.6 Å². The van der Waals surface area contributed by atoms with Crippen molar-refractivity contribution in [1.82, 2.24) is 14.8 Å². The van der Waals surface area contributed by atoms with Crippen LogP contribution in [0.4, 0.5) is 0 Å². The third-order valence-corrected chi connectivity index (χ3v) is 5.15. The van der Waals surface area contributed by atoms with Gasteiger partial charge in [-0.2, -0.15) is 0 Å². The number of nitrogens with zero attached hydrogens (tertiary/aromatic N) is 3. The molecule has 0 saturated carbocycles. The van der Waals surface area contributed by atoms with Gasteiger partial charge in [0.25, 0.3) is 0 Å². The Morgan fingerprint density at radius 3 is 2.46 bits per heavy atom. The highest BCUT2D eigenvalue weighted by Gasteiger charge is 2.26. The predicted octanol–water partition coefficient (Wildman–Crippen LogP) is 2.23. The van der Waals surface area contributed by atoms with Crippen LogP contribution in [0.25, 0.3) is 0 Å². The van der Waals surface area contributed by atoms with Crippen LogP contribution in [0.3, 0.4) is 0 Å². The van der Waals surface area contributed by atoms with Crippen LogP contribution in [0.15, 0.2) is 48.8 Å². The Morgan fingerprint density at radius 2 is 1.79 bits per heavy atom. The molecule has 1 fully saturated rings. The number of pyridine rings is 1. The lowest BCUT2D eigenvalue weighted by Gasteiger charge is -2.21. The molecule has 6 nitrogen and oxygen atoms in total. The van der Waals surface area contributed by atoms with Gasteiger partial charge in [-0.3, -0.25) is 19.5 Å². The molecule has 6 heteroatoms. The van der Waals surface area contributed by atoms with Crippen molar-refractivity contribution in [3.8, 4) is 0 Å². The van der Waals surface area contributed by atoms with Gasteiger partial charge in [-0.25, -0.2) is 0 Å². The largest absolute Gasteiger partial charge is 0.481 e. The summed E-state index contributed by atoms with van der Waals surface area (Å²) in [6, 6.07) is 11.7. The maximum atomic E-state index is 12.6. The number of rotatable bonds is 8. The maximum Gasteiger partial charge on any atom is 0.307 e. The summed E-state index contributed by atoms with van der Waals surface area (Å²) in [5, 5.41) is 8.85. The average molecular weight is 381 g/mol. The minimum atomic E-state index is -0.813. The zero-order chi connectivity index (χ0) is 19.9. The van der Waals surface area contributed by atoms with Crippen LogP contribution in [-0.4, -0.2) is 58.4 Å². The molecule has 1 unspecified atom stereocenters. The lowest BCUT2D eigenvalue weighted by molar-refractivity contribution is -0.136. The minimum absolute atomic E-state index is 0.0546. The maximum absolute atomic E-state index is 12.6. The van der Waals surface area contributed by atoms with E-state index in [2.05, 4.69) is 4.98 Å². The SMILES string of the molecule is CN(CC(=O)N1CCC(Cc2ccc(CC(=O)O)cc2)C1)Cc1ccncc1. The van der Waals surface area contributed by atoms with E-state index in [1.807, 2.05) is 53.2 Å². The third kappa shape index (κ3) is 5.89. The summed E-state index contributed by atoms with van der Waals surface area (Å²) in [4.78, 5) is 31.4. The number of likely N-dealkylation sites (tertiary alicyclic amines) is 1. The molecular weight excluding hydrogens is 354 g/mol. The topological polar surface area (TPSA) is 73.7 Å². The van der Waals surface area contributed by atoms with Crippen LogP contribution in [0.2, 0.25) is 0 Å². The van der Waals surface area contributed by atoms with E-state index in [9.17, 15) is 9.59 Å². The molecule has 1 atom stereocenters. The second-order valence-corrected chi connectivity index (χ2v) is 7.61. The van der Waals surface area contributed by atoms with Crippen LogP contribution >= 0.6 is 0 Å². The molecule has 0 aliphatic carbocycles. The van der Waals surface area contributed by atoms with Crippen LogP contribution in [-0.2, 0) is 29.0 Å². The minimum Gasteiger partial charge on any atom is -0.481 e. The molecule has 1 amide bonds. The first-order valence-electron chi connectivity index (χ1n) is 9.64. The number of hydrogen-bond acceptors (Lipinski definition) is 4. The summed E-state index contributed by atoms with van der Waals surface area (Å²) < 4.78 is 0. The van der Waals surface area contributed by atoms with Crippen LogP contribution < -0.4 is 0 Å². The van der Waals surface area contributed by atoms with Crippen molar-refractivity contribution in [3.05, 3.63) is 65.5 Å². The number of hydrogen-bond donors (Lipinski definition) is 1. The monoisotopic (exact) mass is 381 g/mol. The molecule has 3 rings (SSSR count). The average Bonchev–Trinajstić information content (AvgIpc) is 3.12. The van der Waals surface area contributed by atoms with Crippen molar-refractivity contribution in [1.29, 1.82) is 0 Å². The Kier molecular flexibility index (Phi) is 6.76. The van der Waals surface area contributed by atoms with E-state index in [-0.39, 0.29) is 12.3 Å². The zero-order valence-electron chi connectivity index (χ0n) is 16.3. The van der Waals surface area contributed by atoms with Gasteiger partial charge in [0.2, 0.25) is 5.91 Å². The number of carbonyl (C=O) groups is 2. The Hall–Kier alpha value is -2.73. The number of carboxylic acid groups (broad SMARTS) is 1. The molecule has 1 aliphatic heterocycles. The van der Waals surface area contributed by atoms with E-state index >= 15 is 0 Å². The smallest absolute Gasteiger partial charge is 0.307 e. The summed E-state index contributed by atoms with van der Waals surface area (Å²) >= 11 is 0. The predicted molar refractivity (Wildman–Crippen MR) is 107 cm³/mol. The summed E-state index contributed by atoms with van der Waals surface area (Å²) in [6.07, 6.45) is 5.52. The van der Waals surface area contributed by atoms with Gasteiger partial charge in [-0.15, -0.1) is 0 Å². The summed E-state index contributed by atoms with van der Waals surface area (Å²) in [7, 11) is 1.96. The summed E-state index contributed by atoms with van der Waals surface area (Å²) in [6.45, 7) is 2.75. The van der Waals surface area contributed by atoms with Crippen LogP contribution in [0.1, 0.15) is 23.1 Å². The molecule has 1 aromatic carbocycles. The Labute approximate surface area is 165 Å². The number of benzene rings is 1. The highest BCUT2D eigenvalue weighted by atomic mass is 16.4. The number of carboxylic acids is 1. The lowest BCUT2D eigenvalue weighted by Crippen LogP contribution is -2.37. The first kappa shape index (κ1) is 20.0. The molecule has 2 aromatic rings. The van der Waals surface area contributed by atoms with E-state index < -0.39 is 5.97 Å². The van der Waals surface area contributed by atoms with Gasteiger partial charge in [0.05, 0.1) is 13.0 Å². The van der Waals surface area contributed by atoms with Crippen molar-refractivity contribution in [2.75, 3.05) is 26.7 Å². The molecule has 0 spiro atoms. The Bertz CT molecular complexity index is 792. The normalized spacial score (nSPS) is 16.5. The van der Waals surface area contributed by atoms with E-state index in [4.69, 9.17) is 5.11 Å². The van der Waals surface area contributed by atoms with Gasteiger partial charge >= 0.3 is 5.97 Å². The van der Waals surface area contributed by atoms with Crippen molar-refractivity contribution in [3.63, 3.8) is 0 Å². The van der Waals surface area contributed by atoms with Crippen molar-refractivity contribution in [2.45, 2.75) is 25.8 Å². The Balaban J connectivity index is 1.45. The van der Waals surface area contributed by atoms with Gasteiger partial charge in [0.1, 0.15) is 0 Å². The standard InChI is InChI=1S/C22H27N3O3/c1-24(14-19-6-9-23-10-7-19)16-21(26)25-11-8-20(15-25)12-17-2-4-18(5-3-17)13-22(27)28/h2-7,9-10,20H,8,11-16H2,1H3,(H,27,28). The molecule has 148 valence electrons. The van der Waals surface area contributed by atoms with E-state index in [0.29, 0.717) is 12.5 Å². The number of carbonyl (C=O) groups excluding carboxylic acids is 1. The Morgan fingerprint density at radius 1 is 1.11 bits per heavy atom. The second kappa shape index (κ2) is 9.46. The molecule has 2 heterocycles. The highest BCUT2D eigenvalue weighted by Crippen LogP contribution is 2.21. The fourth-order valence-electron chi connectivity index (χ4n) is 3.71. The number of likely N-dealkylation sites (N-methyl/N-ethyl adjacent to an activating group) is 1. The fraction of sp³-hybridized carbons (Fsp3) is 0.409. The second-order valence-electron chi connectivity index (χ2n) is 7.61. The zero-order valence-corrected chi connectivity index (χ0v) is 16.3. The van der Waals surface area contributed by atoms with Crippen LogP contribution in [0.5, 0.6) is 0 Å². The van der Waals surface area contributed by atoms with E-state index in [1.165, 1.54) is 5.56 Å². The van der Waals surface area contributed by atoms with E-state index in [1.54, 1.807) is 12.4 Å².